The van der Waals surface area contributed by atoms with Crippen LogP contribution in [0.2, 0.25) is 0 Å². The summed E-state index contributed by atoms with van der Waals surface area (Å²) >= 11 is 0. The number of rotatable bonds is 2. The lowest BCUT2D eigenvalue weighted by Gasteiger charge is -2.19. The zero-order valence-electron chi connectivity index (χ0n) is 9.02. The summed E-state index contributed by atoms with van der Waals surface area (Å²) in [7, 11) is 0. The molecule has 1 aliphatic heterocycles. The van der Waals surface area contributed by atoms with Crippen LogP contribution in [-0.4, -0.2) is 24.4 Å². The zero-order chi connectivity index (χ0) is 10.8. The summed E-state index contributed by atoms with van der Waals surface area (Å²) in [5, 5.41) is 5.53. The van der Waals surface area contributed by atoms with Crippen LogP contribution < -0.4 is 10.6 Å². The minimum Gasteiger partial charge on any atom is -0.354 e. The van der Waals surface area contributed by atoms with E-state index in [-0.39, 0.29) is 23.3 Å². The second-order valence-corrected chi connectivity index (χ2v) is 5.01. The highest BCUT2D eigenvalue weighted by Gasteiger charge is 2.24. The average Bonchev–Trinajstić information content (AvgIpc) is 2.30. The van der Waals surface area contributed by atoms with Crippen molar-refractivity contribution in [3.8, 4) is 0 Å². The smallest absolute Gasteiger partial charge is 0.222 e. The van der Waals surface area contributed by atoms with Gasteiger partial charge in [-0.3, -0.25) is 9.59 Å². The summed E-state index contributed by atoms with van der Waals surface area (Å²) in [5.74, 6) is 0.0464. The van der Waals surface area contributed by atoms with Gasteiger partial charge in [-0.2, -0.15) is 0 Å². The maximum atomic E-state index is 11.5. The Kier molecular flexibility index (Phi) is 3.13. The monoisotopic (exact) mass is 198 g/mol. The highest BCUT2D eigenvalue weighted by Crippen LogP contribution is 2.18. The molecule has 1 unspecified atom stereocenters. The lowest BCUT2D eigenvalue weighted by molar-refractivity contribution is -0.123. The summed E-state index contributed by atoms with van der Waals surface area (Å²) in [5.41, 5.74) is 0.000124. The SMILES string of the molecule is CC(C)(C)CC(=O)NC1CNC(=O)C1. The van der Waals surface area contributed by atoms with Crippen LogP contribution in [-0.2, 0) is 9.59 Å². The molecule has 1 atom stereocenters. The van der Waals surface area contributed by atoms with Crippen LogP contribution in [0.15, 0.2) is 0 Å². The number of hydrogen-bond donors (Lipinski definition) is 2. The average molecular weight is 198 g/mol. The fourth-order valence-electron chi connectivity index (χ4n) is 1.47. The molecule has 0 spiro atoms. The summed E-state index contributed by atoms with van der Waals surface area (Å²) in [6, 6.07) is -0.0163. The number of nitrogens with one attached hydrogen (secondary N) is 2. The predicted molar refractivity (Wildman–Crippen MR) is 53.6 cm³/mol. The third-order valence-corrected chi connectivity index (χ3v) is 2.03. The van der Waals surface area contributed by atoms with Crippen molar-refractivity contribution in [3.63, 3.8) is 0 Å². The van der Waals surface area contributed by atoms with E-state index in [4.69, 9.17) is 0 Å². The van der Waals surface area contributed by atoms with Crippen molar-refractivity contribution in [2.24, 2.45) is 5.41 Å². The molecule has 2 amide bonds. The van der Waals surface area contributed by atoms with Crippen LogP contribution in [0.5, 0.6) is 0 Å². The van der Waals surface area contributed by atoms with Crippen molar-refractivity contribution in [2.75, 3.05) is 6.54 Å². The van der Waals surface area contributed by atoms with Gasteiger partial charge >= 0.3 is 0 Å². The van der Waals surface area contributed by atoms with E-state index >= 15 is 0 Å². The van der Waals surface area contributed by atoms with Crippen LogP contribution in [0.3, 0.4) is 0 Å². The molecule has 0 aromatic heterocycles. The van der Waals surface area contributed by atoms with E-state index in [0.29, 0.717) is 19.4 Å². The van der Waals surface area contributed by atoms with E-state index < -0.39 is 0 Å². The molecular weight excluding hydrogens is 180 g/mol. The van der Waals surface area contributed by atoms with Crippen LogP contribution in [0.1, 0.15) is 33.6 Å². The van der Waals surface area contributed by atoms with E-state index in [1.54, 1.807) is 0 Å². The first kappa shape index (κ1) is 11.0. The maximum absolute atomic E-state index is 11.5. The van der Waals surface area contributed by atoms with Gasteiger partial charge in [-0.1, -0.05) is 20.8 Å². The molecule has 1 heterocycles. The summed E-state index contributed by atoms with van der Waals surface area (Å²) in [6.45, 7) is 6.62. The molecule has 0 aliphatic carbocycles. The first-order chi connectivity index (χ1) is 6.37. The molecule has 14 heavy (non-hydrogen) atoms. The molecule has 1 saturated heterocycles. The Morgan fingerprint density at radius 2 is 2.21 bits per heavy atom. The predicted octanol–water partition coefficient (Wildman–Crippen LogP) is 0.427. The topological polar surface area (TPSA) is 58.2 Å². The van der Waals surface area contributed by atoms with Gasteiger partial charge in [0.2, 0.25) is 11.8 Å². The highest BCUT2D eigenvalue weighted by molar-refractivity contribution is 5.82. The molecule has 1 aliphatic rings. The van der Waals surface area contributed by atoms with Gasteiger partial charge in [0.1, 0.15) is 0 Å². The van der Waals surface area contributed by atoms with Crippen molar-refractivity contribution in [1.29, 1.82) is 0 Å². The summed E-state index contributed by atoms with van der Waals surface area (Å²) in [6.07, 6.45) is 0.910. The number of amides is 2. The molecule has 0 saturated carbocycles. The summed E-state index contributed by atoms with van der Waals surface area (Å²) < 4.78 is 0. The molecule has 2 N–H and O–H groups in total. The quantitative estimate of drug-likeness (QED) is 0.676. The van der Waals surface area contributed by atoms with Gasteiger partial charge in [0.15, 0.2) is 0 Å². The number of carbonyl (C=O) groups is 2. The fourth-order valence-corrected chi connectivity index (χ4v) is 1.47. The molecule has 0 bridgehead atoms. The molecule has 4 nitrogen and oxygen atoms in total. The first-order valence-corrected chi connectivity index (χ1v) is 4.93. The van der Waals surface area contributed by atoms with E-state index in [1.165, 1.54) is 0 Å². The maximum Gasteiger partial charge on any atom is 0.222 e. The van der Waals surface area contributed by atoms with Gasteiger partial charge in [0.05, 0.1) is 6.04 Å². The minimum absolute atomic E-state index is 0.000124. The normalized spacial score (nSPS) is 21.9. The Balaban J connectivity index is 2.31. The standard InChI is InChI=1S/C10H18N2O2/c1-10(2,3)5-9(14)12-7-4-8(13)11-6-7/h7H,4-6H2,1-3H3,(H,11,13)(H,12,14). The Bertz CT molecular complexity index is 243. The Labute approximate surface area is 84.4 Å². The van der Waals surface area contributed by atoms with Crippen LogP contribution in [0.4, 0.5) is 0 Å². The van der Waals surface area contributed by atoms with Crippen LogP contribution in [0, 0.1) is 5.41 Å². The summed E-state index contributed by atoms with van der Waals surface area (Å²) in [4.78, 5) is 22.3. The fraction of sp³-hybridized carbons (Fsp3) is 0.800. The van der Waals surface area contributed by atoms with Gasteiger partial charge in [0.25, 0.3) is 0 Å². The molecule has 1 fully saturated rings. The van der Waals surface area contributed by atoms with E-state index in [0.717, 1.165) is 0 Å². The molecule has 80 valence electrons. The zero-order valence-corrected chi connectivity index (χ0v) is 9.02. The molecule has 0 aromatic rings. The van der Waals surface area contributed by atoms with Crippen molar-refractivity contribution < 1.29 is 9.59 Å². The van der Waals surface area contributed by atoms with E-state index in [9.17, 15) is 9.59 Å². The molecule has 1 rings (SSSR count). The highest BCUT2D eigenvalue weighted by atomic mass is 16.2. The van der Waals surface area contributed by atoms with Gasteiger partial charge in [0, 0.05) is 19.4 Å². The lowest BCUT2D eigenvalue weighted by Crippen LogP contribution is -2.37. The minimum atomic E-state index is -0.0163. The van der Waals surface area contributed by atoms with E-state index in [2.05, 4.69) is 10.6 Å². The second-order valence-electron chi connectivity index (χ2n) is 5.01. The Hall–Kier alpha value is -1.06. The van der Waals surface area contributed by atoms with Crippen LogP contribution in [0.25, 0.3) is 0 Å². The van der Waals surface area contributed by atoms with Crippen molar-refractivity contribution in [1.82, 2.24) is 10.6 Å². The Morgan fingerprint density at radius 1 is 1.57 bits per heavy atom. The first-order valence-electron chi connectivity index (χ1n) is 4.93. The number of carbonyl (C=O) groups excluding carboxylic acids is 2. The number of hydrogen-bond acceptors (Lipinski definition) is 2. The molecule has 0 radical (unpaired) electrons. The third-order valence-electron chi connectivity index (χ3n) is 2.03. The van der Waals surface area contributed by atoms with Crippen LogP contribution >= 0.6 is 0 Å². The van der Waals surface area contributed by atoms with E-state index in [1.807, 2.05) is 20.8 Å². The Morgan fingerprint density at radius 3 is 2.64 bits per heavy atom. The molecule has 4 heteroatoms. The largest absolute Gasteiger partial charge is 0.354 e. The van der Waals surface area contributed by atoms with Gasteiger partial charge in [-0.25, -0.2) is 0 Å². The van der Waals surface area contributed by atoms with Crippen molar-refractivity contribution in [2.45, 2.75) is 39.7 Å². The van der Waals surface area contributed by atoms with Gasteiger partial charge in [-0.15, -0.1) is 0 Å². The van der Waals surface area contributed by atoms with Crippen molar-refractivity contribution >= 4 is 11.8 Å². The third kappa shape index (κ3) is 3.77. The van der Waals surface area contributed by atoms with Gasteiger partial charge < -0.3 is 10.6 Å². The van der Waals surface area contributed by atoms with Crippen molar-refractivity contribution in [3.05, 3.63) is 0 Å². The molecule has 0 aromatic carbocycles. The van der Waals surface area contributed by atoms with Gasteiger partial charge in [-0.05, 0) is 5.41 Å². The lowest BCUT2D eigenvalue weighted by atomic mass is 9.92. The second kappa shape index (κ2) is 3.98. The molecular formula is C10H18N2O2.